The second-order valence-electron chi connectivity index (χ2n) is 4.91. The van der Waals surface area contributed by atoms with E-state index in [2.05, 4.69) is 12.2 Å². The van der Waals surface area contributed by atoms with Gasteiger partial charge in [0, 0.05) is 12.4 Å². The van der Waals surface area contributed by atoms with E-state index in [-0.39, 0.29) is 5.91 Å². The molecule has 0 aliphatic carbocycles. The van der Waals surface area contributed by atoms with Crippen LogP contribution in [0.4, 0.5) is 0 Å². The van der Waals surface area contributed by atoms with Crippen molar-refractivity contribution in [3.63, 3.8) is 0 Å². The van der Waals surface area contributed by atoms with Gasteiger partial charge in [0.1, 0.15) is 0 Å². The maximum Gasteiger partial charge on any atom is 0.224 e. The van der Waals surface area contributed by atoms with Gasteiger partial charge in [0.25, 0.3) is 0 Å². The average molecular weight is 268 g/mol. The van der Waals surface area contributed by atoms with E-state index in [1.54, 1.807) is 0 Å². The summed E-state index contributed by atoms with van der Waals surface area (Å²) in [6, 6.07) is 8.07. The van der Waals surface area contributed by atoms with E-state index in [9.17, 15) is 4.79 Å². The Balaban J connectivity index is 2.19. The second kappa shape index (κ2) is 8.15. The van der Waals surface area contributed by atoms with Crippen molar-refractivity contribution >= 4 is 17.5 Å². The first-order valence-corrected chi connectivity index (χ1v) is 7.03. The van der Waals surface area contributed by atoms with Gasteiger partial charge in [-0.05, 0) is 31.2 Å². The Bertz CT molecular complexity index is 361. The van der Waals surface area contributed by atoms with Crippen molar-refractivity contribution in [3.05, 3.63) is 35.4 Å². The summed E-state index contributed by atoms with van der Waals surface area (Å²) in [4.78, 5) is 11.7. The quantitative estimate of drug-likeness (QED) is 0.596. The van der Waals surface area contributed by atoms with Crippen LogP contribution in [0.5, 0.6) is 0 Å². The zero-order valence-corrected chi connectivity index (χ0v) is 12.0. The summed E-state index contributed by atoms with van der Waals surface area (Å²) in [5.41, 5.74) is 2.28. The first-order valence-electron chi connectivity index (χ1n) is 6.50. The number of carbonyl (C=O) groups excluding carboxylic acids is 1. The van der Waals surface area contributed by atoms with Crippen LogP contribution in [-0.2, 0) is 11.2 Å². The molecule has 0 heterocycles. The van der Waals surface area contributed by atoms with E-state index < -0.39 is 0 Å². The molecule has 0 spiro atoms. The Morgan fingerprint density at radius 2 is 2.00 bits per heavy atom. The SMILES string of the molecule is Cc1ccc(CC(=O)NCCCC(C)CCl)cc1. The van der Waals surface area contributed by atoms with Crippen LogP contribution in [0.2, 0.25) is 0 Å². The van der Waals surface area contributed by atoms with Crippen molar-refractivity contribution in [2.45, 2.75) is 33.1 Å². The number of hydrogen-bond donors (Lipinski definition) is 1. The Morgan fingerprint density at radius 3 is 2.61 bits per heavy atom. The zero-order valence-electron chi connectivity index (χ0n) is 11.2. The summed E-state index contributed by atoms with van der Waals surface area (Å²) < 4.78 is 0. The molecule has 1 N–H and O–H groups in total. The van der Waals surface area contributed by atoms with E-state index >= 15 is 0 Å². The minimum Gasteiger partial charge on any atom is -0.356 e. The Hall–Kier alpha value is -1.02. The summed E-state index contributed by atoms with van der Waals surface area (Å²) in [7, 11) is 0. The second-order valence-corrected chi connectivity index (χ2v) is 5.22. The fraction of sp³-hybridized carbons (Fsp3) is 0.533. The smallest absolute Gasteiger partial charge is 0.224 e. The zero-order chi connectivity index (χ0) is 13.4. The molecule has 0 aromatic heterocycles. The predicted octanol–water partition coefficient (Wildman–Crippen LogP) is 3.31. The molecule has 100 valence electrons. The molecule has 1 unspecified atom stereocenters. The van der Waals surface area contributed by atoms with Gasteiger partial charge in [-0.15, -0.1) is 11.6 Å². The van der Waals surface area contributed by atoms with Gasteiger partial charge >= 0.3 is 0 Å². The van der Waals surface area contributed by atoms with Crippen molar-refractivity contribution in [1.82, 2.24) is 5.32 Å². The van der Waals surface area contributed by atoms with Gasteiger partial charge in [0.2, 0.25) is 5.91 Å². The van der Waals surface area contributed by atoms with E-state index in [1.165, 1.54) is 5.56 Å². The number of aryl methyl sites for hydroxylation is 1. The first kappa shape index (κ1) is 15.0. The molecule has 0 saturated heterocycles. The van der Waals surface area contributed by atoms with Crippen molar-refractivity contribution in [3.8, 4) is 0 Å². The molecule has 18 heavy (non-hydrogen) atoms. The van der Waals surface area contributed by atoms with Crippen molar-refractivity contribution in [1.29, 1.82) is 0 Å². The molecule has 2 nitrogen and oxygen atoms in total. The van der Waals surface area contributed by atoms with Crippen LogP contribution in [0.1, 0.15) is 30.9 Å². The third-order valence-electron chi connectivity index (χ3n) is 2.94. The van der Waals surface area contributed by atoms with E-state index in [4.69, 9.17) is 11.6 Å². The fourth-order valence-corrected chi connectivity index (χ4v) is 1.86. The lowest BCUT2D eigenvalue weighted by Crippen LogP contribution is -2.26. The van der Waals surface area contributed by atoms with Crippen LogP contribution >= 0.6 is 11.6 Å². The van der Waals surface area contributed by atoms with E-state index in [1.807, 2.05) is 31.2 Å². The van der Waals surface area contributed by atoms with Crippen LogP contribution < -0.4 is 5.32 Å². The maximum absolute atomic E-state index is 11.7. The van der Waals surface area contributed by atoms with E-state index in [0.717, 1.165) is 24.9 Å². The van der Waals surface area contributed by atoms with Gasteiger partial charge in [-0.3, -0.25) is 4.79 Å². The number of rotatable bonds is 7. The van der Waals surface area contributed by atoms with Crippen molar-refractivity contribution in [2.75, 3.05) is 12.4 Å². The number of benzene rings is 1. The highest BCUT2D eigenvalue weighted by atomic mass is 35.5. The lowest BCUT2D eigenvalue weighted by Gasteiger charge is -2.08. The molecule has 0 aliphatic heterocycles. The van der Waals surface area contributed by atoms with Crippen LogP contribution in [0, 0.1) is 12.8 Å². The standard InChI is InChI=1S/C15H22ClNO/c1-12-5-7-14(8-6-12)10-15(18)17-9-3-4-13(2)11-16/h5-8,13H,3-4,9-11H2,1-2H3,(H,17,18). The Labute approximate surface area is 115 Å². The monoisotopic (exact) mass is 267 g/mol. The molecule has 3 heteroatoms. The normalized spacial score (nSPS) is 12.2. The van der Waals surface area contributed by atoms with Gasteiger partial charge in [-0.25, -0.2) is 0 Å². The highest BCUT2D eigenvalue weighted by Gasteiger charge is 2.03. The number of amides is 1. The first-order chi connectivity index (χ1) is 8.61. The minimum absolute atomic E-state index is 0.0948. The van der Waals surface area contributed by atoms with Gasteiger partial charge in [0.15, 0.2) is 0 Å². The van der Waals surface area contributed by atoms with Crippen molar-refractivity contribution in [2.24, 2.45) is 5.92 Å². The van der Waals surface area contributed by atoms with Crippen LogP contribution in [0.3, 0.4) is 0 Å². The van der Waals surface area contributed by atoms with Crippen molar-refractivity contribution < 1.29 is 4.79 Å². The number of alkyl halides is 1. The molecule has 0 saturated carbocycles. The Kier molecular flexibility index (Phi) is 6.81. The highest BCUT2D eigenvalue weighted by Crippen LogP contribution is 2.06. The lowest BCUT2D eigenvalue weighted by molar-refractivity contribution is -0.120. The molecule has 1 aromatic rings. The van der Waals surface area contributed by atoms with Gasteiger partial charge in [0.05, 0.1) is 6.42 Å². The third-order valence-corrected chi connectivity index (χ3v) is 3.47. The largest absolute Gasteiger partial charge is 0.356 e. The molecule has 0 bridgehead atoms. The summed E-state index contributed by atoms with van der Waals surface area (Å²) in [5, 5.41) is 2.94. The topological polar surface area (TPSA) is 29.1 Å². The molecular weight excluding hydrogens is 246 g/mol. The van der Waals surface area contributed by atoms with Crippen LogP contribution in [-0.4, -0.2) is 18.3 Å². The van der Waals surface area contributed by atoms with E-state index in [0.29, 0.717) is 18.2 Å². The summed E-state index contributed by atoms with van der Waals surface area (Å²) >= 11 is 5.73. The molecule has 1 atom stereocenters. The number of carbonyl (C=O) groups is 1. The minimum atomic E-state index is 0.0948. The molecule has 0 aliphatic rings. The maximum atomic E-state index is 11.7. The molecule has 0 fully saturated rings. The molecule has 1 aromatic carbocycles. The number of nitrogens with one attached hydrogen (secondary N) is 1. The van der Waals surface area contributed by atoms with Gasteiger partial charge in [-0.2, -0.15) is 0 Å². The third kappa shape index (κ3) is 6.06. The van der Waals surface area contributed by atoms with Crippen LogP contribution in [0.25, 0.3) is 0 Å². The van der Waals surface area contributed by atoms with Gasteiger partial charge < -0.3 is 5.32 Å². The summed E-state index contributed by atoms with van der Waals surface area (Å²) in [5.74, 6) is 1.31. The predicted molar refractivity (Wildman–Crippen MR) is 77.0 cm³/mol. The molecular formula is C15H22ClNO. The van der Waals surface area contributed by atoms with Crippen LogP contribution in [0.15, 0.2) is 24.3 Å². The summed E-state index contributed by atoms with van der Waals surface area (Å²) in [6.45, 7) is 4.91. The highest BCUT2D eigenvalue weighted by molar-refractivity contribution is 6.18. The number of hydrogen-bond acceptors (Lipinski definition) is 1. The molecule has 1 amide bonds. The molecule has 1 rings (SSSR count). The lowest BCUT2D eigenvalue weighted by atomic mass is 10.1. The summed E-state index contributed by atoms with van der Waals surface area (Å²) in [6.07, 6.45) is 2.52. The van der Waals surface area contributed by atoms with Gasteiger partial charge in [-0.1, -0.05) is 36.8 Å². The average Bonchev–Trinajstić information content (AvgIpc) is 2.37. The fourth-order valence-electron chi connectivity index (χ4n) is 1.71. The Morgan fingerprint density at radius 1 is 1.33 bits per heavy atom. The molecule has 0 radical (unpaired) electrons. The number of halogens is 1.